The van der Waals surface area contributed by atoms with Crippen LogP contribution in [0.2, 0.25) is 0 Å². The molecule has 1 saturated heterocycles. The van der Waals surface area contributed by atoms with E-state index in [2.05, 4.69) is 34.0 Å². The Labute approximate surface area is 110 Å². The molecule has 18 heavy (non-hydrogen) atoms. The summed E-state index contributed by atoms with van der Waals surface area (Å²) in [7, 11) is 0. The van der Waals surface area contributed by atoms with Crippen LogP contribution in [-0.2, 0) is 0 Å². The predicted molar refractivity (Wildman–Crippen MR) is 74.9 cm³/mol. The molecule has 0 saturated carbocycles. The van der Waals surface area contributed by atoms with Gasteiger partial charge >= 0.3 is 0 Å². The number of hydrogen-bond acceptors (Lipinski definition) is 4. The van der Waals surface area contributed by atoms with Crippen LogP contribution in [0.4, 0.5) is 5.82 Å². The third kappa shape index (κ3) is 3.19. The molecule has 0 aliphatic carbocycles. The van der Waals surface area contributed by atoms with Crippen LogP contribution in [0.3, 0.4) is 0 Å². The second kappa shape index (κ2) is 6.14. The first kappa shape index (κ1) is 13.3. The molecule has 1 atom stereocenters. The van der Waals surface area contributed by atoms with E-state index in [4.69, 9.17) is 0 Å². The van der Waals surface area contributed by atoms with E-state index >= 15 is 0 Å². The molecule has 1 N–H and O–H groups in total. The number of aromatic nitrogens is 2. The quantitative estimate of drug-likeness (QED) is 0.888. The lowest BCUT2D eigenvalue weighted by molar-refractivity contribution is 0.216. The number of anilines is 1. The lowest BCUT2D eigenvalue weighted by atomic mass is 10.1. The van der Waals surface area contributed by atoms with Gasteiger partial charge in [-0.25, -0.2) is 9.97 Å². The molecule has 0 radical (unpaired) electrons. The fourth-order valence-electron chi connectivity index (χ4n) is 2.57. The minimum atomic E-state index is 0.526. The van der Waals surface area contributed by atoms with Crippen molar-refractivity contribution in [3.8, 4) is 0 Å². The number of nitrogens with one attached hydrogen (secondary N) is 1. The summed E-state index contributed by atoms with van der Waals surface area (Å²) in [5.74, 6) is 1.01. The molecule has 1 aliphatic rings. The summed E-state index contributed by atoms with van der Waals surface area (Å²) in [6, 6.07) is 0.526. The van der Waals surface area contributed by atoms with Crippen molar-refractivity contribution in [3.05, 3.63) is 17.6 Å². The van der Waals surface area contributed by atoms with E-state index in [9.17, 15) is 0 Å². The lowest BCUT2D eigenvalue weighted by Gasteiger charge is -2.33. The van der Waals surface area contributed by atoms with Crippen LogP contribution in [0.25, 0.3) is 0 Å². The maximum Gasteiger partial charge on any atom is 0.132 e. The lowest BCUT2D eigenvalue weighted by Crippen LogP contribution is -2.42. The van der Waals surface area contributed by atoms with Gasteiger partial charge in [0.25, 0.3) is 0 Å². The van der Waals surface area contributed by atoms with Crippen LogP contribution >= 0.6 is 0 Å². The van der Waals surface area contributed by atoms with E-state index < -0.39 is 0 Å². The molecule has 4 nitrogen and oxygen atoms in total. The molecule has 1 aromatic rings. The van der Waals surface area contributed by atoms with Gasteiger partial charge in [-0.15, -0.1) is 0 Å². The first-order valence-electron chi connectivity index (χ1n) is 6.97. The standard InChI is InChI=1S/C14H24N4/c1-4-7-18-8-5-6-13(9-18)17-14-11(2)12(3)15-10-16-14/h10,13H,4-9H2,1-3H3,(H,15,16,17)/t13-/m1/s1. The molecule has 2 rings (SSSR count). The van der Waals surface area contributed by atoms with Crippen molar-refractivity contribution in [3.63, 3.8) is 0 Å². The molecule has 4 heteroatoms. The van der Waals surface area contributed by atoms with Gasteiger partial charge in [0.05, 0.1) is 0 Å². The number of likely N-dealkylation sites (tertiary alicyclic amines) is 1. The van der Waals surface area contributed by atoms with Gasteiger partial charge in [-0.1, -0.05) is 6.92 Å². The molecule has 1 aliphatic heterocycles. The molecule has 0 bridgehead atoms. The normalized spacial score (nSPS) is 20.9. The van der Waals surface area contributed by atoms with Gasteiger partial charge in [0.1, 0.15) is 12.1 Å². The second-order valence-corrected chi connectivity index (χ2v) is 5.22. The zero-order chi connectivity index (χ0) is 13.0. The number of nitrogens with zero attached hydrogens (tertiary/aromatic N) is 3. The molecular formula is C14H24N4. The van der Waals surface area contributed by atoms with Crippen LogP contribution < -0.4 is 5.32 Å². The Morgan fingerprint density at radius 2 is 2.22 bits per heavy atom. The second-order valence-electron chi connectivity index (χ2n) is 5.22. The Morgan fingerprint density at radius 3 is 3.00 bits per heavy atom. The Morgan fingerprint density at radius 1 is 1.39 bits per heavy atom. The Kier molecular flexibility index (Phi) is 4.53. The van der Waals surface area contributed by atoms with Gasteiger partial charge in [0.2, 0.25) is 0 Å². The zero-order valence-electron chi connectivity index (χ0n) is 11.7. The largest absolute Gasteiger partial charge is 0.366 e. The Hall–Kier alpha value is -1.16. The van der Waals surface area contributed by atoms with Crippen LogP contribution in [0, 0.1) is 13.8 Å². The Balaban J connectivity index is 1.98. The van der Waals surface area contributed by atoms with E-state index in [0.29, 0.717) is 6.04 Å². The van der Waals surface area contributed by atoms with Gasteiger partial charge < -0.3 is 10.2 Å². The van der Waals surface area contributed by atoms with Gasteiger partial charge in [0, 0.05) is 23.8 Å². The molecule has 0 aromatic carbocycles. The van der Waals surface area contributed by atoms with Crippen LogP contribution in [0.5, 0.6) is 0 Å². The maximum absolute atomic E-state index is 4.36. The van der Waals surface area contributed by atoms with Gasteiger partial charge in [0.15, 0.2) is 0 Å². The molecule has 0 spiro atoms. The van der Waals surface area contributed by atoms with Gasteiger partial charge in [-0.05, 0) is 46.2 Å². The first-order valence-corrected chi connectivity index (χ1v) is 6.97. The molecule has 100 valence electrons. The molecule has 2 heterocycles. The zero-order valence-corrected chi connectivity index (χ0v) is 11.7. The van der Waals surface area contributed by atoms with Crippen molar-refractivity contribution < 1.29 is 0 Å². The van der Waals surface area contributed by atoms with Crippen molar-refractivity contribution in [2.45, 2.75) is 46.1 Å². The third-order valence-electron chi connectivity index (χ3n) is 3.72. The van der Waals surface area contributed by atoms with E-state index in [1.165, 1.54) is 37.9 Å². The summed E-state index contributed by atoms with van der Waals surface area (Å²) in [5.41, 5.74) is 2.24. The summed E-state index contributed by atoms with van der Waals surface area (Å²) in [4.78, 5) is 11.1. The van der Waals surface area contributed by atoms with Crippen molar-refractivity contribution in [2.75, 3.05) is 25.0 Å². The van der Waals surface area contributed by atoms with Gasteiger partial charge in [-0.2, -0.15) is 0 Å². The van der Waals surface area contributed by atoms with Gasteiger partial charge in [-0.3, -0.25) is 0 Å². The minimum absolute atomic E-state index is 0.526. The highest BCUT2D eigenvalue weighted by atomic mass is 15.2. The van der Waals surface area contributed by atoms with Crippen LogP contribution in [0.1, 0.15) is 37.4 Å². The highest BCUT2D eigenvalue weighted by Gasteiger charge is 2.20. The Bertz CT molecular complexity index is 389. The predicted octanol–water partition coefficient (Wildman–Crippen LogP) is 2.38. The summed E-state index contributed by atoms with van der Waals surface area (Å²) in [5, 5.41) is 3.59. The van der Waals surface area contributed by atoms with Crippen molar-refractivity contribution in [1.29, 1.82) is 0 Å². The monoisotopic (exact) mass is 248 g/mol. The molecule has 0 amide bonds. The summed E-state index contributed by atoms with van der Waals surface area (Å²) >= 11 is 0. The van der Waals surface area contributed by atoms with Crippen molar-refractivity contribution in [2.24, 2.45) is 0 Å². The summed E-state index contributed by atoms with van der Waals surface area (Å²) in [6.07, 6.45) is 5.40. The van der Waals surface area contributed by atoms with E-state index in [1.807, 2.05) is 6.92 Å². The smallest absolute Gasteiger partial charge is 0.132 e. The fourth-order valence-corrected chi connectivity index (χ4v) is 2.57. The summed E-state index contributed by atoms with van der Waals surface area (Å²) < 4.78 is 0. The minimum Gasteiger partial charge on any atom is -0.366 e. The molecule has 1 aromatic heterocycles. The highest BCUT2D eigenvalue weighted by molar-refractivity contribution is 5.45. The third-order valence-corrected chi connectivity index (χ3v) is 3.72. The number of aryl methyl sites for hydroxylation is 1. The van der Waals surface area contributed by atoms with E-state index in [0.717, 1.165) is 18.1 Å². The average molecular weight is 248 g/mol. The maximum atomic E-state index is 4.36. The average Bonchev–Trinajstić information content (AvgIpc) is 2.36. The molecular weight excluding hydrogens is 224 g/mol. The number of piperidine rings is 1. The number of hydrogen-bond donors (Lipinski definition) is 1. The summed E-state index contributed by atoms with van der Waals surface area (Å²) in [6.45, 7) is 9.95. The van der Waals surface area contributed by atoms with E-state index in [-0.39, 0.29) is 0 Å². The van der Waals surface area contributed by atoms with Crippen molar-refractivity contribution >= 4 is 5.82 Å². The first-order chi connectivity index (χ1) is 8.70. The molecule has 0 unspecified atom stereocenters. The number of rotatable bonds is 4. The highest BCUT2D eigenvalue weighted by Crippen LogP contribution is 2.18. The van der Waals surface area contributed by atoms with Crippen LogP contribution in [-0.4, -0.2) is 40.5 Å². The van der Waals surface area contributed by atoms with E-state index in [1.54, 1.807) is 6.33 Å². The van der Waals surface area contributed by atoms with Crippen molar-refractivity contribution in [1.82, 2.24) is 14.9 Å². The SMILES string of the molecule is CCCN1CCC[C@@H](Nc2ncnc(C)c2C)C1. The fraction of sp³-hybridized carbons (Fsp3) is 0.714. The molecule has 1 fully saturated rings. The van der Waals surface area contributed by atoms with Crippen LogP contribution in [0.15, 0.2) is 6.33 Å². The topological polar surface area (TPSA) is 41.0 Å².